The van der Waals surface area contributed by atoms with E-state index >= 15 is 0 Å². The maximum atomic E-state index is 9.44. The van der Waals surface area contributed by atoms with Crippen LogP contribution in [0.4, 0.5) is 5.82 Å². The standard InChI is InChI=1S/C13H12N6O/c1-9(10-3-2-4-11(20)7-10)15-16-12-5-6-13-17-14-8-19(13)18-12/h2-8,20H,1H3,(H,16,18)/b15-9+. The zero-order valence-electron chi connectivity index (χ0n) is 10.7. The number of hydrogen-bond acceptors (Lipinski definition) is 6. The van der Waals surface area contributed by atoms with Crippen LogP contribution in [0.5, 0.6) is 5.75 Å². The quantitative estimate of drug-likeness (QED) is 0.557. The van der Waals surface area contributed by atoms with Gasteiger partial charge in [-0.1, -0.05) is 12.1 Å². The van der Waals surface area contributed by atoms with Crippen LogP contribution >= 0.6 is 0 Å². The predicted molar refractivity (Wildman–Crippen MR) is 74.7 cm³/mol. The molecule has 0 unspecified atom stereocenters. The normalized spacial score (nSPS) is 11.8. The molecule has 3 aromatic rings. The molecule has 20 heavy (non-hydrogen) atoms. The third-order valence-corrected chi connectivity index (χ3v) is 2.76. The number of phenolic OH excluding ortho intramolecular Hbond substituents is 1. The fourth-order valence-electron chi connectivity index (χ4n) is 1.72. The first-order valence-corrected chi connectivity index (χ1v) is 5.99. The Morgan fingerprint density at radius 3 is 3.05 bits per heavy atom. The van der Waals surface area contributed by atoms with Gasteiger partial charge in [-0.05, 0) is 31.2 Å². The van der Waals surface area contributed by atoms with E-state index in [0.717, 1.165) is 11.3 Å². The average molecular weight is 268 g/mol. The van der Waals surface area contributed by atoms with Gasteiger partial charge in [-0.15, -0.1) is 15.3 Å². The molecule has 0 amide bonds. The third-order valence-electron chi connectivity index (χ3n) is 2.76. The zero-order valence-corrected chi connectivity index (χ0v) is 10.7. The predicted octanol–water partition coefficient (Wildman–Crippen LogP) is 1.67. The van der Waals surface area contributed by atoms with Gasteiger partial charge < -0.3 is 5.11 Å². The molecule has 1 aromatic carbocycles. The second kappa shape index (κ2) is 4.96. The van der Waals surface area contributed by atoms with E-state index in [1.807, 2.05) is 13.0 Å². The highest BCUT2D eigenvalue weighted by Gasteiger charge is 2.00. The maximum Gasteiger partial charge on any atom is 0.177 e. The van der Waals surface area contributed by atoms with Crippen LogP contribution in [0, 0.1) is 0 Å². The number of hydrazone groups is 1. The first kappa shape index (κ1) is 12.1. The van der Waals surface area contributed by atoms with Crippen molar-refractivity contribution >= 4 is 17.2 Å². The molecule has 100 valence electrons. The van der Waals surface area contributed by atoms with Crippen molar-refractivity contribution in [2.75, 3.05) is 5.43 Å². The minimum absolute atomic E-state index is 0.209. The number of benzene rings is 1. The molecule has 0 saturated heterocycles. The van der Waals surface area contributed by atoms with E-state index in [4.69, 9.17) is 0 Å². The summed E-state index contributed by atoms with van der Waals surface area (Å²) in [5, 5.41) is 25.5. The molecule has 0 spiro atoms. The summed E-state index contributed by atoms with van der Waals surface area (Å²) in [4.78, 5) is 0. The van der Waals surface area contributed by atoms with Gasteiger partial charge in [0.15, 0.2) is 11.5 Å². The van der Waals surface area contributed by atoms with Crippen molar-refractivity contribution in [1.29, 1.82) is 0 Å². The largest absolute Gasteiger partial charge is 0.508 e. The topological polar surface area (TPSA) is 87.7 Å². The number of aromatic nitrogens is 4. The average Bonchev–Trinajstić information content (AvgIpc) is 2.92. The summed E-state index contributed by atoms with van der Waals surface area (Å²) in [6, 6.07) is 10.5. The van der Waals surface area contributed by atoms with Gasteiger partial charge in [-0.25, -0.2) is 0 Å². The number of nitrogens with one attached hydrogen (secondary N) is 1. The molecule has 7 heteroatoms. The number of fused-ring (bicyclic) bond motifs is 1. The van der Waals surface area contributed by atoms with Crippen LogP contribution in [0.25, 0.3) is 5.65 Å². The van der Waals surface area contributed by atoms with Gasteiger partial charge in [0.25, 0.3) is 0 Å². The molecule has 7 nitrogen and oxygen atoms in total. The molecule has 0 atom stereocenters. The Morgan fingerprint density at radius 1 is 1.30 bits per heavy atom. The molecule has 3 rings (SSSR count). The second-order valence-corrected chi connectivity index (χ2v) is 4.21. The maximum absolute atomic E-state index is 9.44. The van der Waals surface area contributed by atoms with E-state index in [0.29, 0.717) is 11.5 Å². The highest BCUT2D eigenvalue weighted by Crippen LogP contribution is 2.12. The zero-order chi connectivity index (χ0) is 13.9. The van der Waals surface area contributed by atoms with Crippen LogP contribution in [0.3, 0.4) is 0 Å². The first-order valence-electron chi connectivity index (χ1n) is 5.99. The Bertz CT molecular complexity index is 779. The summed E-state index contributed by atoms with van der Waals surface area (Å²) in [6.45, 7) is 1.85. The lowest BCUT2D eigenvalue weighted by Crippen LogP contribution is -2.02. The lowest BCUT2D eigenvalue weighted by molar-refractivity contribution is 0.475. The SMILES string of the molecule is C/C(=N\Nc1ccc2nncn2n1)c1cccc(O)c1. The molecule has 0 fully saturated rings. The van der Waals surface area contributed by atoms with Crippen LogP contribution < -0.4 is 5.43 Å². The Balaban J connectivity index is 1.82. The first-order chi connectivity index (χ1) is 9.72. The molecule has 0 aliphatic rings. The molecule has 2 aromatic heterocycles. The number of nitrogens with zero attached hydrogens (tertiary/aromatic N) is 5. The van der Waals surface area contributed by atoms with E-state index in [9.17, 15) is 5.11 Å². The highest BCUT2D eigenvalue weighted by molar-refractivity contribution is 5.99. The van der Waals surface area contributed by atoms with Crippen LogP contribution in [0.15, 0.2) is 47.8 Å². The molecular weight excluding hydrogens is 256 g/mol. The van der Waals surface area contributed by atoms with Gasteiger partial charge in [0, 0.05) is 5.56 Å². The van der Waals surface area contributed by atoms with E-state index in [1.165, 1.54) is 6.33 Å². The summed E-state index contributed by atoms with van der Waals surface area (Å²) >= 11 is 0. The number of hydrogen-bond donors (Lipinski definition) is 2. The Morgan fingerprint density at radius 2 is 2.20 bits per heavy atom. The molecule has 0 aliphatic carbocycles. The van der Waals surface area contributed by atoms with Crippen molar-refractivity contribution in [3.05, 3.63) is 48.3 Å². The summed E-state index contributed by atoms with van der Waals surface area (Å²) < 4.78 is 1.56. The Hall–Kier alpha value is -2.96. The summed E-state index contributed by atoms with van der Waals surface area (Å²) in [7, 11) is 0. The second-order valence-electron chi connectivity index (χ2n) is 4.21. The van der Waals surface area contributed by atoms with Crippen LogP contribution in [0.1, 0.15) is 12.5 Å². The molecule has 0 saturated carbocycles. The number of anilines is 1. The fourth-order valence-corrected chi connectivity index (χ4v) is 1.72. The molecule has 0 radical (unpaired) electrons. The molecule has 2 N–H and O–H groups in total. The lowest BCUT2D eigenvalue weighted by Gasteiger charge is -2.03. The molecule has 0 bridgehead atoms. The van der Waals surface area contributed by atoms with Crippen LogP contribution in [-0.2, 0) is 0 Å². The van der Waals surface area contributed by atoms with E-state index in [-0.39, 0.29) is 5.75 Å². The summed E-state index contributed by atoms with van der Waals surface area (Å²) in [6.07, 6.45) is 1.52. The van der Waals surface area contributed by atoms with E-state index in [1.54, 1.807) is 34.8 Å². The van der Waals surface area contributed by atoms with Crippen molar-refractivity contribution in [2.24, 2.45) is 5.10 Å². The van der Waals surface area contributed by atoms with Crippen molar-refractivity contribution in [1.82, 2.24) is 19.8 Å². The number of rotatable bonds is 3. The fraction of sp³-hybridized carbons (Fsp3) is 0.0769. The molecule has 0 aliphatic heterocycles. The monoisotopic (exact) mass is 268 g/mol. The van der Waals surface area contributed by atoms with Crippen molar-refractivity contribution in [2.45, 2.75) is 6.92 Å². The summed E-state index contributed by atoms with van der Waals surface area (Å²) in [5.74, 6) is 0.790. The van der Waals surface area contributed by atoms with Gasteiger partial charge in [0.05, 0.1) is 5.71 Å². The highest BCUT2D eigenvalue weighted by atomic mass is 16.3. The van der Waals surface area contributed by atoms with Gasteiger partial charge in [0.2, 0.25) is 0 Å². The van der Waals surface area contributed by atoms with Crippen molar-refractivity contribution in [3.8, 4) is 5.75 Å². The smallest absolute Gasteiger partial charge is 0.177 e. The summed E-state index contributed by atoms with van der Waals surface area (Å²) in [5.41, 5.74) is 5.11. The van der Waals surface area contributed by atoms with Gasteiger partial charge in [-0.2, -0.15) is 9.62 Å². The van der Waals surface area contributed by atoms with Crippen molar-refractivity contribution < 1.29 is 5.11 Å². The molecule has 2 heterocycles. The van der Waals surface area contributed by atoms with Crippen LogP contribution in [0.2, 0.25) is 0 Å². The van der Waals surface area contributed by atoms with Gasteiger partial charge >= 0.3 is 0 Å². The minimum Gasteiger partial charge on any atom is -0.508 e. The number of aromatic hydroxyl groups is 1. The Labute approximate surface area is 114 Å². The third kappa shape index (κ3) is 2.41. The number of phenols is 1. The van der Waals surface area contributed by atoms with E-state index < -0.39 is 0 Å². The van der Waals surface area contributed by atoms with E-state index in [2.05, 4.69) is 25.8 Å². The minimum atomic E-state index is 0.209. The Kier molecular flexibility index (Phi) is 3.00. The van der Waals surface area contributed by atoms with Crippen molar-refractivity contribution in [3.63, 3.8) is 0 Å². The van der Waals surface area contributed by atoms with Gasteiger partial charge in [0.1, 0.15) is 12.1 Å². The van der Waals surface area contributed by atoms with Gasteiger partial charge in [-0.3, -0.25) is 5.43 Å². The molecular formula is C13H12N6O. The lowest BCUT2D eigenvalue weighted by atomic mass is 10.1. The van der Waals surface area contributed by atoms with Crippen LogP contribution in [-0.4, -0.2) is 30.6 Å².